The van der Waals surface area contributed by atoms with Crippen molar-refractivity contribution in [2.24, 2.45) is 0 Å². The molecule has 1 aromatic rings. The summed E-state index contributed by atoms with van der Waals surface area (Å²) in [6, 6.07) is -0.564. The van der Waals surface area contributed by atoms with Crippen LogP contribution < -0.4 is 0 Å². The van der Waals surface area contributed by atoms with Gasteiger partial charge in [-0.05, 0) is 13.3 Å². The Morgan fingerprint density at radius 2 is 2.17 bits per heavy atom. The second kappa shape index (κ2) is 5.99. The zero-order valence-corrected chi connectivity index (χ0v) is 11.6. The predicted octanol–water partition coefficient (Wildman–Crippen LogP) is 1.19. The number of sulfone groups is 1. The lowest BCUT2D eigenvalue weighted by Crippen LogP contribution is -2.22. The molecule has 0 aliphatic rings. The molecule has 1 unspecified atom stereocenters. The van der Waals surface area contributed by atoms with E-state index in [9.17, 15) is 13.2 Å². The van der Waals surface area contributed by atoms with Crippen LogP contribution in [0, 0.1) is 0 Å². The molecule has 0 saturated heterocycles. The Morgan fingerprint density at radius 3 is 2.61 bits per heavy atom. The molecule has 0 saturated carbocycles. The maximum absolute atomic E-state index is 11.8. The van der Waals surface area contributed by atoms with Gasteiger partial charge in [-0.1, -0.05) is 13.3 Å². The van der Waals surface area contributed by atoms with Crippen LogP contribution >= 0.6 is 0 Å². The van der Waals surface area contributed by atoms with Gasteiger partial charge in [0.15, 0.2) is 9.84 Å². The van der Waals surface area contributed by atoms with E-state index in [1.165, 1.54) is 17.1 Å². The van der Waals surface area contributed by atoms with Crippen molar-refractivity contribution in [1.29, 1.82) is 0 Å². The minimum Gasteiger partial charge on any atom is -0.464 e. The van der Waals surface area contributed by atoms with Gasteiger partial charge in [-0.25, -0.2) is 13.2 Å². The third kappa shape index (κ3) is 3.56. The Labute approximate surface area is 107 Å². The molecule has 0 bridgehead atoms. The molecule has 6 nitrogen and oxygen atoms in total. The Kier molecular flexibility index (Phi) is 4.89. The Morgan fingerprint density at radius 1 is 1.50 bits per heavy atom. The van der Waals surface area contributed by atoms with Gasteiger partial charge in [-0.3, -0.25) is 4.68 Å². The number of aromatic nitrogens is 2. The van der Waals surface area contributed by atoms with Crippen molar-refractivity contribution in [3.63, 3.8) is 0 Å². The quantitative estimate of drug-likeness (QED) is 0.728. The molecule has 0 aliphatic carbocycles. The molecular formula is C11H18N2O4S. The van der Waals surface area contributed by atoms with Crippen LogP contribution in [-0.2, 0) is 19.4 Å². The number of carbonyl (C=O) groups is 1. The van der Waals surface area contributed by atoms with Crippen LogP contribution in [0.15, 0.2) is 17.3 Å². The largest absolute Gasteiger partial charge is 0.464 e. The number of nitrogens with zero attached hydrogens (tertiary/aromatic N) is 2. The lowest BCUT2D eigenvalue weighted by molar-refractivity contribution is -0.147. The average molecular weight is 274 g/mol. The van der Waals surface area contributed by atoms with Gasteiger partial charge in [0.25, 0.3) is 0 Å². The highest BCUT2D eigenvalue weighted by Crippen LogP contribution is 2.17. The van der Waals surface area contributed by atoms with Gasteiger partial charge in [0.1, 0.15) is 10.9 Å². The fourth-order valence-corrected chi connectivity index (χ4v) is 2.09. The third-order valence-electron chi connectivity index (χ3n) is 2.45. The first-order valence-corrected chi connectivity index (χ1v) is 7.70. The second-order valence-corrected chi connectivity index (χ2v) is 6.00. The van der Waals surface area contributed by atoms with Crippen molar-refractivity contribution in [1.82, 2.24) is 9.78 Å². The Hall–Kier alpha value is -1.37. The molecule has 1 heterocycles. The van der Waals surface area contributed by atoms with E-state index in [4.69, 9.17) is 4.74 Å². The highest BCUT2D eigenvalue weighted by molar-refractivity contribution is 7.90. The fraction of sp³-hybridized carbons (Fsp3) is 0.636. The van der Waals surface area contributed by atoms with Crippen molar-refractivity contribution >= 4 is 15.8 Å². The fourth-order valence-electron chi connectivity index (χ4n) is 1.55. The summed E-state index contributed by atoms with van der Waals surface area (Å²) in [5.41, 5.74) is 0. The predicted molar refractivity (Wildman–Crippen MR) is 65.9 cm³/mol. The number of hydrogen-bond acceptors (Lipinski definition) is 5. The van der Waals surface area contributed by atoms with Crippen molar-refractivity contribution < 1.29 is 17.9 Å². The average Bonchev–Trinajstić information content (AvgIpc) is 2.74. The molecule has 0 N–H and O–H groups in total. The standard InChI is InChI=1S/C11H18N2O4S/c1-4-6-10(11(14)17-5-2)13-8-9(7-12-13)18(3,15)16/h7-8,10H,4-6H2,1-3H3. The lowest BCUT2D eigenvalue weighted by atomic mass is 10.2. The zero-order valence-electron chi connectivity index (χ0n) is 10.8. The summed E-state index contributed by atoms with van der Waals surface area (Å²) in [4.78, 5) is 11.9. The van der Waals surface area contributed by atoms with Crippen LogP contribution in [0.25, 0.3) is 0 Å². The van der Waals surface area contributed by atoms with Crippen molar-refractivity contribution in [2.45, 2.75) is 37.6 Å². The topological polar surface area (TPSA) is 78.3 Å². The van der Waals surface area contributed by atoms with E-state index in [1.54, 1.807) is 6.92 Å². The highest BCUT2D eigenvalue weighted by atomic mass is 32.2. The molecule has 1 aromatic heterocycles. The monoisotopic (exact) mass is 274 g/mol. The van der Waals surface area contributed by atoms with Crippen LogP contribution in [-0.4, -0.2) is 37.0 Å². The van der Waals surface area contributed by atoms with Gasteiger partial charge < -0.3 is 4.74 Å². The number of carbonyl (C=O) groups excluding carboxylic acids is 1. The molecule has 0 amide bonds. The summed E-state index contributed by atoms with van der Waals surface area (Å²) in [7, 11) is -3.30. The molecular weight excluding hydrogens is 256 g/mol. The minimum absolute atomic E-state index is 0.105. The molecule has 0 fully saturated rings. The van der Waals surface area contributed by atoms with E-state index in [-0.39, 0.29) is 10.9 Å². The van der Waals surface area contributed by atoms with Gasteiger partial charge in [0.05, 0.1) is 12.8 Å². The Balaban J connectivity index is 3.00. The van der Waals surface area contributed by atoms with Gasteiger partial charge >= 0.3 is 5.97 Å². The van der Waals surface area contributed by atoms with Crippen molar-refractivity contribution in [3.05, 3.63) is 12.4 Å². The molecule has 1 atom stereocenters. The van der Waals surface area contributed by atoms with E-state index in [2.05, 4.69) is 5.10 Å². The summed E-state index contributed by atoms with van der Waals surface area (Å²) in [5, 5.41) is 3.94. The zero-order chi connectivity index (χ0) is 13.8. The summed E-state index contributed by atoms with van der Waals surface area (Å²) in [5.74, 6) is -0.387. The van der Waals surface area contributed by atoms with E-state index in [0.717, 1.165) is 12.7 Å². The molecule has 0 spiro atoms. The van der Waals surface area contributed by atoms with E-state index in [1.807, 2.05) is 6.92 Å². The first-order valence-electron chi connectivity index (χ1n) is 5.81. The summed E-state index contributed by atoms with van der Waals surface area (Å²) >= 11 is 0. The van der Waals surface area contributed by atoms with Crippen LogP contribution in [0.4, 0.5) is 0 Å². The SMILES string of the molecule is CCCC(C(=O)OCC)n1cc(S(C)(=O)=O)cn1. The normalized spacial score (nSPS) is 13.3. The molecule has 0 aliphatic heterocycles. The minimum atomic E-state index is -3.30. The molecule has 7 heteroatoms. The van der Waals surface area contributed by atoms with Gasteiger partial charge in [-0.2, -0.15) is 5.10 Å². The smallest absolute Gasteiger partial charge is 0.330 e. The van der Waals surface area contributed by atoms with Gasteiger partial charge in [0.2, 0.25) is 0 Å². The summed E-state index contributed by atoms with van der Waals surface area (Å²) in [6.45, 7) is 3.96. The van der Waals surface area contributed by atoms with E-state index >= 15 is 0 Å². The number of ether oxygens (including phenoxy) is 1. The maximum atomic E-state index is 11.8. The van der Waals surface area contributed by atoms with Crippen molar-refractivity contribution in [2.75, 3.05) is 12.9 Å². The number of hydrogen-bond donors (Lipinski definition) is 0. The number of esters is 1. The second-order valence-electron chi connectivity index (χ2n) is 3.98. The van der Waals surface area contributed by atoms with Crippen LogP contribution in [0.3, 0.4) is 0 Å². The highest BCUT2D eigenvalue weighted by Gasteiger charge is 2.23. The Bertz CT molecular complexity index is 507. The van der Waals surface area contributed by atoms with E-state index < -0.39 is 15.9 Å². The molecule has 102 valence electrons. The molecule has 0 aromatic carbocycles. The van der Waals surface area contributed by atoms with Crippen LogP contribution in [0.2, 0.25) is 0 Å². The van der Waals surface area contributed by atoms with Crippen LogP contribution in [0.1, 0.15) is 32.7 Å². The molecule has 0 radical (unpaired) electrons. The van der Waals surface area contributed by atoms with Gasteiger partial charge in [-0.15, -0.1) is 0 Å². The third-order valence-corrected chi connectivity index (χ3v) is 3.51. The summed E-state index contributed by atoms with van der Waals surface area (Å²) < 4.78 is 29.0. The molecule has 1 rings (SSSR count). The molecule has 18 heavy (non-hydrogen) atoms. The van der Waals surface area contributed by atoms with E-state index in [0.29, 0.717) is 13.0 Å². The van der Waals surface area contributed by atoms with Crippen LogP contribution in [0.5, 0.6) is 0 Å². The van der Waals surface area contributed by atoms with Gasteiger partial charge in [0, 0.05) is 12.5 Å². The maximum Gasteiger partial charge on any atom is 0.330 e. The van der Waals surface area contributed by atoms with Crippen molar-refractivity contribution in [3.8, 4) is 0 Å². The summed E-state index contributed by atoms with van der Waals surface area (Å²) in [6.07, 6.45) is 5.05. The first kappa shape index (κ1) is 14.7. The first-order chi connectivity index (χ1) is 8.40. The number of rotatable bonds is 6. The lowest BCUT2D eigenvalue weighted by Gasteiger charge is -2.14.